The lowest BCUT2D eigenvalue weighted by molar-refractivity contribution is -0.120. The summed E-state index contributed by atoms with van der Waals surface area (Å²) in [4.78, 5) is 12.2. The average Bonchev–Trinajstić information content (AvgIpc) is 2.87. The number of fused-ring (bicyclic) bond motifs is 1. The van der Waals surface area contributed by atoms with E-state index in [-0.39, 0.29) is 31.0 Å². The van der Waals surface area contributed by atoms with Crippen LogP contribution in [0.1, 0.15) is 32.1 Å². The van der Waals surface area contributed by atoms with Crippen molar-refractivity contribution < 1.29 is 14.3 Å². The molecule has 0 unspecified atom stereocenters. The first-order valence-electron chi connectivity index (χ1n) is 6.74. The number of hydrogen-bond acceptors (Lipinski definition) is 4. The summed E-state index contributed by atoms with van der Waals surface area (Å²) in [5.41, 5.74) is 7.04. The number of anilines is 2. The molecule has 1 aromatic carbocycles. The number of nitrogen functional groups attached to an aromatic ring is 1. The Labute approximate surface area is 124 Å². The number of rotatable bonds is 2. The third-order valence-corrected chi connectivity index (χ3v) is 3.78. The van der Waals surface area contributed by atoms with Crippen molar-refractivity contribution in [1.29, 1.82) is 0 Å². The molecule has 0 aromatic heterocycles. The molecule has 1 heterocycles. The van der Waals surface area contributed by atoms with E-state index in [2.05, 4.69) is 5.32 Å². The number of carbonyl (C=O) groups is 1. The zero-order valence-corrected chi connectivity index (χ0v) is 12.0. The molecule has 1 fully saturated rings. The first kappa shape index (κ1) is 14.8. The van der Waals surface area contributed by atoms with Crippen molar-refractivity contribution >= 4 is 29.7 Å². The van der Waals surface area contributed by atoms with Gasteiger partial charge in [-0.3, -0.25) is 4.79 Å². The van der Waals surface area contributed by atoms with E-state index in [9.17, 15) is 4.79 Å². The van der Waals surface area contributed by atoms with Crippen LogP contribution in [-0.2, 0) is 4.79 Å². The van der Waals surface area contributed by atoms with Crippen LogP contribution in [0.5, 0.6) is 11.5 Å². The smallest absolute Gasteiger partial charge is 0.231 e. The van der Waals surface area contributed by atoms with Crippen molar-refractivity contribution in [3.05, 3.63) is 12.1 Å². The van der Waals surface area contributed by atoms with Gasteiger partial charge >= 0.3 is 0 Å². The molecule has 0 bridgehead atoms. The van der Waals surface area contributed by atoms with Crippen LogP contribution in [0.3, 0.4) is 0 Å². The highest BCUT2D eigenvalue weighted by molar-refractivity contribution is 5.96. The number of nitrogens with two attached hydrogens (primary N) is 1. The second-order valence-electron chi connectivity index (χ2n) is 5.12. The first-order valence-corrected chi connectivity index (χ1v) is 6.74. The molecular formula is C14H19ClN2O3. The maximum atomic E-state index is 12.2. The molecule has 0 radical (unpaired) electrons. The molecule has 0 atom stereocenters. The minimum absolute atomic E-state index is 0. The molecule has 1 aliphatic heterocycles. The van der Waals surface area contributed by atoms with Crippen molar-refractivity contribution in [1.82, 2.24) is 0 Å². The van der Waals surface area contributed by atoms with Crippen LogP contribution in [-0.4, -0.2) is 12.7 Å². The zero-order chi connectivity index (χ0) is 13.2. The highest BCUT2D eigenvalue weighted by Crippen LogP contribution is 2.38. The first-order chi connectivity index (χ1) is 9.24. The fourth-order valence-electron chi connectivity index (χ4n) is 2.67. The Hall–Kier alpha value is -1.62. The van der Waals surface area contributed by atoms with Gasteiger partial charge < -0.3 is 20.5 Å². The number of carbonyl (C=O) groups excluding carboxylic acids is 1. The van der Waals surface area contributed by atoms with Gasteiger partial charge in [0.05, 0.1) is 11.4 Å². The van der Waals surface area contributed by atoms with Gasteiger partial charge in [0.2, 0.25) is 12.7 Å². The Balaban J connectivity index is 0.00000147. The predicted octanol–water partition coefficient (Wildman–Crippen LogP) is 2.94. The van der Waals surface area contributed by atoms with Gasteiger partial charge in [-0.1, -0.05) is 19.3 Å². The van der Waals surface area contributed by atoms with Gasteiger partial charge in [-0.2, -0.15) is 0 Å². The largest absolute Gasteiger partial charge is 0.454 e. The number of halogens is 1. The molecule has 2 aliphatic rings. The van der Waals surface area contributed by atoms with Crippen molar-refractivity contribution in [2.75, 3.05) is 17.8 Å². The Morgan fingerprint density at radius 3 is 2.50 bits per heavy atom. The Morgan fingerprint density at radius 1 is 1.15 bits per heavy atom. The number of nitrogens with one attached hydrogen (secondary N) is 1. The van der Waals surface area contributed by atoms with Crippen LogP contribution >= 0.6 is 12.4 Å². The molecule has 0 saturated heterocycles. The van der Waals surface area contributed by atoms with Gasteiger partial charge in [-0.05, 0) is 12.8 Å². The molecule has 3 N–H and O–H groups in total. The molecule has 110 valence electrons. The summed E-state index contributed by atoms with van der Waals surface area (Å²) in [6.45, 7) is 0.203. The molecule has 3 rings (SSSR count). The molecule has 0 spiro atoms. The third kappa shape index (κ3) is 2.93. The third-order valence-electron chi connectivity index (χ3n) is 3.78. The zero-order valence-electron chi connectivity index (χ0n) is 11.2. The van der Waals surface area contributed by atoms with Crippen LogP contribution in [0.15, 0.2) is 12.1 Å². The van der Waals surface area contributed by atoms with E-state index in [1.807, 2.05) is 0 Å². The summed E-state index contributed by atoms with van der Waals surface area (Å²) in [6, 6.07) is 3.43. The average molecular weight is 299 g/mol. The lowest BCUT2D eigenvalue weighted by Gasteiger charge is -2.21. The van der Waals surface area contributed by atoms with E-state index in [1.54, 1.807) is 12.1 Å². The molecule has 5 nitrogen and oxygen atoms in total. The fourth-order valence-corrected chi connectivity index (χ4v) is 2.67. The van der Waals surface area contributed by atoms with Crippen LogP contribution in [0.2, 0.25) is 0 Å². The van der Waals surface area contributed by atoms with E-state index in [0.717, 1.165) is 25.7 Å². The van der Waals surface area contributed by atoms with Gasteiger partial charge in [-0.25, -0.2) is 0 Å². The summed E-state index contributed by atoms with van der Waals surface area (Å²) in [7, 11) is 0. The highest BCUT2D eigenvalue weighted by Gasteiger charge is 2.23. The number of benzene rings is 1. The summed E-state index contributed by atoms with van der Waals surface area (Å²) >= 11 is 0. The number of hydrogen-bond donors (Lipinski definition) is 2. The molecular weight excluding hydrogens is 280 g/mol. The van der Waals surface area contributed by atoms with Crippen LogP contribution in [0, 0.1) is 5.92 Å². The van der Waals surface area contributed by atoms with Gasteiger partial charge in [0.25, 0.3) is 0 Å². The number of ether oxygens (including phenoxy) is 2. The highest BCUT2D eigenvalue weighted by atomic mass is 35.5. The van der Waals surface area contributed by atoms with Gasteiger partial charge in [0.1, 0.15) is 0 Å². The standard InChI is InChI=1S/C14H18N2O3.ClH/c15-10-6-12-13(19-8-18-12)7-11(10)16-14(17)9-4-2-1-3-5-9;/h6-7,9H,1-5,8,15H2,(H,16,17);1H. The normalized spacial score (nSPS) is 17.4. The monoisotopic (exact) mass is 298 g/mol. The van der Waals surface area contributed by atoms with Crippen LogP contribution < -0.4 is 20.5 Å². The van der Waals surface area contributed by atoms with Crippen molar-refractivity contribution in [2.24, 2.45) is 5.92 Å². The Morgan fingerprint density at radius 2 is 1.80 bits per heavy atom. The lowest BCUT2D eigenvalue weighted by atomic mass is 9.88. The molecule has 20 heavy (non-hydrogen) atoms. The Kier molecular flexibility index (Phi) is 4.60. The van der Waals surface area contributed by atoms with Crippen molar-refractivity contribution in [3.8, 4) is 11.5 Å². The summed E-state index contributed by atoms with van der Waals surface area (Å²) < 4.78 is 10.5. The van der Waals surface area contributed by atoms with E-state index < -0.39 is 0 Å². The maximum absolute atomic E-state index is 12.2. The quantitative estimate of drug-likeness (QED) is 0.823. The molecule has 6 heteroatoms. The van der Waals surface area contributed by atoms with E-state index in [0.29, 0.717) is 22.9 Å². The number of amides is 1. The minimum Gasteiger partial charge on any atom is -0.454 e. The molecule has 1 saturated carbocycles. The summed E-state index contributed by atoms with van der Waals surface area (Å²) in [5.74, 6) is 1.44. The topological polar surface area (TPSA) is 73.6 Å². The Bertz CT molecular complexity index is 501. The minimum atomic E-state index is 0. The van der Waals surface area contributed by atoms with E-state index in [1.165, 1.54) is 6.42 Å². The van der Waals surface area contributed by atoms with Gasteiger partial charge in [0.15, 0.2) is 11.5 Å². The van der Waals surface area contributed by atoms with Crippen LogP contribution in [0.4, 0.5) is 11.4 Å². The SMILES string of the molecule is Cl.Nc1cc2c(cc1NC(=O)C1CCCCC1)OCO2. The van der Waals surface area contributed by atoms with E-state index in [4.69, 9.17) is 15.2 Å². The molecule has 1 amide bonds. The summed E-state index contributed by atoms with van der Waals surface area (Å²) in [5, 5.41) is 2.91. The second kappa shape index (κ2) is 6.22. The van der Waals surface area contributed by atoms with Crippen LogP contribution in [0.25, 0.3) is 0 Å². The van der Waals surface area contributed by atoms with Crippen molar-refractivity contribution in [3.63, 3.8) is 0 Å². The van der Waals surface area contributed by atoms with Crippen molar-refractivity contribution in [2.45, 2.75) is 32.1 Å². The van der Waals surface area contributed by atoms with Gasteiger partial charge in [0, 0.05) is 18.1 Å². The van der Waals surface area contributed by atoms with E-state index >= 15 is 0 Å². The predicted molar refractivity (Wildman–Crippen MR) is 79.4 cm³/mol. The van der Waals surface area contributed by atoms with Gasteiger partial charge in [-0.15, -0.1) is 12.4 Å². The maximum Gasteiger partial charge on any atom is 0.231 e. The second-order valence-corrected chi connectivity index (χ2v) is 5.12. The fraction of sp³-hybridized carbons (Fsp3) is 0.500. The molecule has 1 aromatic rings. The molecule has 1 aliphatic carbocycles. The lowest BCUT2D eigenvalue weighted by Crippen LogP contribution is -2.25. The summed E-state index contributed by atoms with van der Waals surface area (Å²) in [6.07, 6.45) is 5.44.